The lowest BCUT2D eigenvalue weighted by Crippen LogP contribution is -2.45. The maximum Gasteiger partial charge on any atom is 0.305 e. The highest BCUT2D eigenvalue weighted by Gasteiger charge is 2.20. The van der Waals surface area contributed by atoms with E-state index >= 15 is 0 Å². The van der Waals surface area contributed by atoms with Crippen LogP contribution in [0.3, 0.4) is 0 Å². The quantitative estimate of drug-likeness (QED) is 0.0320. The van der Waals surface area contributed by atoms with Crippen molar-refractivity contribution in [2.75, 3.05) is 13.2 Å². The number of hydrogen-bond donors (Lipinski definition) is 3. The molecule has 0 aromatic rings. The van der Waals surface area contributed by atoms with Crippen LogP contribution >= 0.6 is 0 Å². The predicted molar refractivity (Wildman–Crippen MR) is 315 cm³/mol. The third-order valence-electron chi connectivity index (χ3n) is 15.6. The molecule has 0 aromatic carbocycles. The molecule has 6 nitrogen and oxygen atoms in total. The van der Waals surface area contributed by atoms with Crippen LogP contribution < -0.4 is 5.32 Å². The number of carbonyl (C=O) groups is 2. The van der Waals surface area contributed by atoms with E-state index < -0.39 is 12.1 Å². The normalized spacial score (nSPS) is 12.6. The first-order chi connectivity index (χ1) is 35.5. The minimum Gasteiger partial charge on any atom is -0.466 e. The van der Waals surface area contributed by atoms with Gasteiger partial charge in [-0.2, -0.15) is 0 Å². The Kier molecular flexibility index (Phi) is 60.9. The first kappa shape index (κ1) is 70.6. The lowest BCUT2D eigenvalue weighted by Gasteiger charge is -2.22. The van der Waals surface area contributed by atoms with Crippen LogP contribution in [0.4, 0.5) is 0 Å². The van der Waals surface area contributed by atoms with Crippen molar-refractivity contribution >= 4 is 11.9 Å². The van der Waals surface area contributed by atoms with Gasteiger partial charge in [0.05, 0.1) is 25.4 Å². The molecule has 6 heteroatoms. The van der Waals surface area contributed by atoms with E-state index in [0.29, 0.717) is 25.9 Å². The summed E-state index contributed by atoms with van der Waals surface area (Å²) in [7, 11) is 0. The summed E-state index contributed by atoms with van der Waals surface area (Å²) in [6, 6.07) is -0.536. The first-order valence-corrected chi connectivity index (χ1v) is 32.9. The fourth-order valence-corrected chi connectivity index (χ4v) is 10.5. The average Bonchev–Trinajstić information content (AvgIpc) is 3.38. The standard InChI is InChI=1S/C66H129NO5/c1-3-5-7-9-11-13-15-16-33-37-40-44-48-52-56-60-66(71)72-61-57-53-49-45-41-38-35-32-30-28-26-24-22-20-18-17-19-21-23-25-27-29-31-34-36-39-43-47-51-55-59-65(70)67-63(62-68)64(69)58-54-50-46-42-14-12-10-8-6-4-2/h16,33,63-64,68-69H,3-15,17-32,34-62H2,1-2H3,(H,67,70)/b33-16-. The molecular weight excluding hydrogens is 887 g/mol. The van der Waals surface area contributed by atoms with Crippen LogP contribution in [-0.2, 0) is 14.3 Å². The van der Waals surface area contributed by atoms with Gasteiger partial charge < -0.3 is 20.3 Å². The predicted octanol–water partition coefficient (Wildman–Crippen LogP) is 20.8. The van der Waals surface area contributed by atoms with Crippen LogP contribution in [0.25, 0.3) is 0 Å². The van der Waals surface area contributed by atoms with Crippen LogP contribution in [0.1, 0.15) is 373 Å². The molecule has 2 unspecified atom stereocenters. The van der Waals surface area contributed by atoms with E-state index in [1.54, 1.807) is 0 Å². The number of amides is 1. The fourth-order valence-electron chi connectivity index (χ4n) is 10.5. The van der Waals surface area contributed by atoms with Crippen LogP contribution in [0, 0.1) is 0 Å². The number of nitrogens with one attached hydrogen (secondary N) is 1. The largest absolute Gasteiger partial charge is 0.466 e. The summed E-state index contributed by atoms with van der Waals surface area (Å²) in [5.41, 5.74) is 0. The number of hydrogen-bond acceptors (Lipinski definition) is 5. The van der Waals surface area contributed by atoms with Crippen molar-refractivity contribution in [1.82, 2.24) is 5.32 Å². The van der Waals surface area contributed by atoms with Gasteiger partial charge in [-0.05, 0) is 51.4 Å². The van der Waals surface area contributed by atoms with Gasteiger partial charge in [0, 0.05) is 12.8 Å². The Balaban J connectivity index is 3.29. The second-order valence-corrected chi connectivity index (χ2v) is 22.8. The monoisotopic (exact) mass is 1020 g/mol. The zero-order valence-electron chi connectivity index (χ0n) is 48.9. The summed E-state index contributed by atoms with van der Waals surface area (Å²) >= 11 is 0. The number of unbranched alkanes of at least 4 members (excludes halogenated alkanes) is 49. The molecule has 0 aliphatic heterocycles. The van der Waals surface area contributed by atoms with Crippen molar-refractivity contribution in [3.8, 4) is 0 Å². The minimum absolute atomic E-state index is 0.0127. The Bertz CT molecular complexity index is 1080. The summed E-state index contributed by atoms with van der Waals surface area (Å²) in [6.07, 6.45) is 75.4. The Morgan fingerprint density at radius 2 is 0.653 bits per heavy atom. The molecule has 72 heavy (non-hydrogen) atoms. The average molecular weight is 1020 g/mol. The van der Waals surface area contributed by atoms with Gasteiger partial charge >= 0.3 is 5.97 Å². The van der Waals surface area contributed by atoms with E-state index in [1.165, 1.54) is 295 Å². The number of rotatable bonds is 62. The van der Waals surface area contributed by atoms with Crippen LogP contribution in [0.2, 0.25) is 0 Å². The summed E-state index contributed by atoms with van der Waals surface area (Å²) < 4.78 is 5.49. The van der Waals surface area contributed by atoms with Crippen molar-refractivity contribution in [3.63, 3.8) is 0 Å². The number of aliphatic hydroxyl groups excluding tert-OH is 2. The van der Waals surface area contributed by atoms with Crippen LogP contribution in [0.5, 0.6) is 0 Å². The van der Waals surface area contributed by atoms with Crippen LogP contribution in [-0.4, -0.2) is 47.4 Å². The van der Waals surface area contributed by atoms with Crippen molar-refractivity contribution in [2.24, 2.45) is 0 Å². The second kappa shape index (κ2) is 62.1. The number of esters is 1. The zero-order valence-corrected chi connectivity index (χ0v) is 48.9. The maximum atomic E-state index is 12.4. The van der Waals surface area contributed by atoms with E-state index in [4.69, 9.17) is 4.74 Å². The molecule has 3 N–H and O–H groups in total. The molecule has 0 bridgehead atoms. The molecule has 0 aromatic heterocycles. The molecule has 428 valence electrons. The highest BCUT2D eigenvalue weighted by molar-refractivity contribution is 5.76. The molecule has 0 rings (SSSR count). The van der Waals surface area contributed by atoms with Crippen molar-refractivity contribution in [2.45, 2.75) is 386 Å². The minimum atomic E-state index is -0.659. The molecule has 0 aliphatic carbocycles. The topological polar surface area (TPSA) is 95.9 Å². The fraction of sp³-hybridized carbons (Fsp3) is 0.939. The lowest BCUT2D eigenvalue weighted by molar-refractivity contribution is -0.143. The summed E-state index contributed by atoms with van der Waals surface area (Å²) in [5.74, 6) is -0.0182. The number of allylic oxidation sites excluding steroid dienone is 2. The molecule has 2 atom stereocenters. The van der Waals surface area contributed by atoms with Crippen molar-refractivity contribution in [1.29, 1.82) is 0 Å². The Labute approximate surface area is 450 Å². The third-order valence-corrected chi connectivity index (χ3v) is 15.6. The Hall–Kier alpha value is -1.40. The molecule has 0 saturated heterocycles. The lowest BCUT2D eigenvalue weighted by atomic mass is 10.0. The summed E-state index contributed by atoms with van der Waals surface area (Å²) in [6.45, 7) is 4.96. The van der Waals surface area contributed by atoms with Gasteiger partial charge in [0.15, 0.2) is 0 Å². The Morgan fingerprint density at radius 1 is 0.375 bits per heavy atom. The van der Waals surface area contributed by atoms with Gasteiger partial charge in [-0.25, -0.2) is 0 Å². The van der Waals surface area contributed by atoms with Gasteiger partial charge in [-0.3, -0.25) is 9.59 Å². The van der Waals surface area contributed by atoms with Gasteiger partial charge in [-0.15, -0.1) is 0 Å². The van der Waals surface area contributed by atoms with Crippen LogP contribution in [0.15, 0.2) is 12.2 Å². The van der Waals surface area contributed by atoms with Gasteiger partial charge in [0.25, 0.3) is 0 Å². The maximum absolute atomic E-state index is 12.4. The van der Waals surface area contributed by atoms with Gasteiger partial charge in [-0.1, -0.05) is 321 Å². The molecular formula is C66H129NO5. The SMILES string of the molecule is CCCCCCCC/C=C\CCCCCCCC(=O)OCCCCCCCCCCCCCCCCCCCCCCCCCCCCCCCCC(=O)NC(CO)C(O)CCCCCCCCCCCC. The molecule has 0 heterocycles. The van der Waals surface area contributed by atoms with Gasteiger partial charge in [0.2, 0.25) is 5.91 Å². The van der Waals surface area contributed by atoms with E-state index in [2.05, 4.69) is 31.3 Å². The molecule has 0 radical (unpaired) electrons. The number of carbonyl (C=O) groups excluding carboxylic acids is 2. The Morgan fingerprint density at radius 3 is 0.986 bits per heavy atom. The molecule has 0 spiro atoms. The first-order valence-electron chi connectivity index (χ1n) is 32.9. The van der Waals surface area contributed by atoms with E-state index in [1.807, 2.05) is 0 Å². The molecule has 0 saturated carbocycles. The molecule has 1 amide bonds. The highest BCUT2D eigenvalue weighted by atomic mass is 16.5. The molecule has 0 fully saturated rings. The zero-order chi connectivity index (χ0) is 52.2. The summed E-state index contributed by atoms with van der Waals surface area (Å²) in [4.78, 5) is 24.5. The van der Waals surface area contributed by atoms with Gasteiger partial charge in [0.1, 0.15) is 0 Å². The smallest absolute Gasteiger partial charge is 0.305 e. The number of ether oxygens (including phenoxy) is 1. The van der Waals surface area contributed by atoms with E-state index in [9.17, 15) is 19.8 Å². The second-order valence-electron chi connectivity index (χ2n) is 22.8. The molecule has 0 aliphatic rings. The highest BCUT2D eigenvalue weighted by Crippen LogP contribution is 2.19. The van der Waals surface area contributed by atoms with Crippen molar-refractivity contribution < 1.29 is 24.5 Å². The van der Waals surface area contributed by atoms with E-state index in [-0.39, 0.29) is 18.5 Å². The van der Waals surface area contributed by atoms with Crippen molar-refractivity contribution in [3.05, 3.63) is 12.2 Å². The number of aliphatic hydroxyl groups is 2. The van der Waals surface area contributed by atoms with E-state index in [0.717, 1.165) is 44.9 Å². The third kappa shape index (κ3) is 57.9. The summed E-state index contributed by atoms with van der Waals surface area (Å²) in [5, 5.41) is 23.2.